The molecule has 1 aromatic heterocycles. The van der Waals surface area contributed by atoms with Gasteiger partial charge in [-0.15, -0.1) is 0 Å². The van der Waals surface area contributed by atoms with Gasteiger partial charge in [0.25, 0.3) is 0 Å². The summed E-state index contributed by atoms with van der Waals surface area (Å²) in [5.74, 6) is 2.22. The fourth-order valence-corrected chi connectivity index (χ4v) is 1.93. The Hall–Kier alpha value is -1.45. The van der Waals surface area contributed by atoms with Crippen LogP contribution in [0.4, 0.5) is 11.5 Å². The van der Waals surface area contributed by atoms with Crippen molar-refractivity contribution >= 4 is 11.5 Å². The van der Waals surface area contributed by atoms with E-state index in [1.54, 1.807) is 13.2 Å². The second-order valence-corrected chi connectivity index (χ2v) is 4.46. The molecule has 0 aliphatic heterocycles. The predicted octanol–water partition coefficient (Wildman–Crippen LogP) is 1.91. The van der Waals surface area contributed by atoms with E-state index < -0.39 is 0 Å². The lowest BCUT2D eigenvalue weighted by Gasteiger charge is -2.27. The first kappa shape index (κ1) is 11.0. The lowest BCUT2D eigenvalue weighted by Crippen LogP contribution is -2.32. The molecule has 1 aliphatic carbocycles. The number of nitrogen functional groups attached to an aromatic ring is 1. The van der Waals surface area contributed by atoms with Crippen molar-refractivity contribution in [1.29, 1.82) is 0 Å². The second-order valence-electron chi connectivity index (χ2n) is 4.46. The van der Waals surface area contributed by atoms with Crippen LogP contribution in [-0.4, -0.2) is 25.2 Å². The van der Waals surface area contributed by atoms with Gasteiger partial charge < -0.3 is 15.4 Å². The maximum Gasteiger partial charge on any atom is 0.215 e. The number of hydrogen-bond acceptors (Lipinski definition) is 4. The average Bonchev–Trinajstić information content (AvgIpc) is 3.12. The molecule has 1 aromatic rings. The first-order valence-corrected chi connectivity index (χ1v) is 5.67. The Morgan fingerprint density at radius 3 is 2.75 bits per heavy atom. The van der Waals surface area contributed by atoms with Crippen LogP contribution in [0.1, 0.15) is 19.8 Å². The van der Waals surface area contributed by atoms with Gasteiger partial charge in [-0.2, -0.15) is 4.98 Å². The van der Waals surface area contributed by atoms with Crippen LogP contribution in [0.5, 0.6) is 5.88 Å². The van der Waals surface area contributed by atoms with Crippen LogP contribution in [-0.2, 0) is 0 Å². The molecular weight excluding hydrogens is 202 g/mol. The molecule has 16 heavy (non-hydrogen) atoms. The Kier molecular flexibility index (Phi) is 2.90. The summed E-state index contributed by atoms with van der Waals surface area (Å²) in [6.07, 6.45) is 2.63. The Labute approximate surface area is 96.4 Å². The third-order valence-electron chi connectivity index (χ3n) is 3.34. The Balaban J connectivity index is 2.23. The SMILES string of the molecule is COc1ccc(N)c(N(C)C(C)C2CC2)n1. The molecule has 88 valence electrons. The highest BCUT2D eigenvalue weighted by Gasteiger charge is 2.31. The standard InChI is InChI=1S/C12H19N3O/c1-8(9-4-5-9)15(2)12-10(13)6-7-11(14-12)16-3/h6-9H,4-5,13H2,1-3H3. The molecule has 0 radical (unpaired) electrons. The number of nitrogens with two attached hydrogens (primary N) is 1. The van der Waals surface area contributed by atoms with Crippen molar-refractivity contribution in [2.75, 3.05) is 24.8 Å². The first-order chi connectivity index (χ1) is 7.63. The van der Waals surface area contributed by atoms with Crippen molar-refractivity contribution in [2.24, 2.45) is 5.92 Å². The highest BCUT2D eigenvalue weighted by molar-refractivity contribution is 5.63. The lowest BCUT2D eigenvalue weighted by molar-refractivity contribution is 0.397. The van der Waals surface area contributed by atoms with Gasteiger partial charge in [-0.3, -0.25) is 0 Å². The lowest BCUT2D eigenvalue weighted by atomic mass is 10.2. The molecule has 0 aromatic carbocycles. The van der Waals surface area contributed by atoms with Gasteiger partial charge in [0.1, 0.15) is 0 Å². The van der Waals surface area contributed by atoms with E-state index in [1.165, 1.54) is 12.8 Å². The number of methoxy groups -OCH3 is 1. The molecule has 4 nitrogen and oxygen atoms in total. The van der Waals surface area contributed by atoms with E-state index in [-0.39, 0.29) is 0 Å². The predicted molar refractivity (Wildman–Crippen MR) is 65.8 cm³/mol. The molecular formula is C12H19N3O. The first-order valence-electron chi connectivity index (χ1n) is 5.67. The molecule has 0 bridgehead atoms. The number of ether oxygens (including phenoxy) is 1. The zero-order valence-electron chi connectivity index (χ0n) is 10.1. The minimum absolute atomic E-state index is 0.488. The number of anilines is 2. The fraction of sp³-hybridized carbons (Fsp3) is 0.583. The topological polar surface area (TPSA) is 51.4 Å². The Morgan fingerprint density at radius 2 is 2.19 bits per heavy atom. The van der Waals surface area contributed by atoms with Crippen LogP contribution >= 0.6 is 0 Å². The number of nitrogens with zero attached hydrogens (tertiary/aromatic N) is 2. The average molecular weight is 221 g/mol. The molecule has 1 unspecified atom stereocenters. The van der Waals surface area contributed by atoms with Crippen molar-refractivity contribution in [3.8, 4) is 5.88 Å². The van der Waals surface area contributed by atoms with Crippen molar-refractivity contribution in [3.05, 3.63) is 12.1 Å². The third-order valence-corrected chi connectivity index (χ3v) is 3.34. The highest BCUT2D eigenvalue weighted by Crippen LogP contribution is 2.37. The Bertz CT molecular complexity index is 377. The molecule has 0 amide bonds. The summed E-state index contributed by atoms with van der Waals surface area (Å²) in [7, 11) is 3.66. The largest absolute Gasteiger partial charge is 0.481 e. The van der Waals surface area contributed by atoms with Gasteiger partial charge in [0.2, 0.25) is 5.88 Å². The van der Waals surface area contributed by atoms with Gasteiger partial charge in [-0.1, -0.05) is 0 Å². The van der Waals surface area contributed by atoms with Gasteiger partial charge in [0.15, 0.2) is 5.82 Å². The highest BCUT2D eigenvalue weighted by atomic mass is 16.5. The third kappa shape index (κ3) is 2.05. The van der Waals surface area contributed by atoms with Crippen LogP contribution < -0.4 is 15.4 Å². The molecule has 1 aliphatic rings. The molecule has 2 rings (SSSR count). The van der Waals surface area contributed by atoms with E-state index in [9.17, 15) is 0 Å². The molecule has 1 atom stereocenters. The van der Waals surface area contributed by atoms with Crippen LogP contribution in [0.25, 0.3) is 0 Å². The van der Waals surface area contributed by atoms with Gasteiger partial charge in [-0.25, -0.2) is 0 Å². The minimum atomic E-state index is 0.488. The molecule has 0 saturated heterocycles. The smallest absolute Gasteiger partial charge is 0.215 e. The van der Waals surface area contributed by atoms with Gasteiger partial charge >= 0.3 is 0 Å². The summed E-state index contributed by atoms with van der Waals surface area (Å²) in [4.78, 5) is 6.55. The van der Waals surface area contributed by atoms with E-state index >= 15 is 0 Å². The molecule has 0 spiro atoms. The maximum atomic E-state index is 5.94. The molecule has 1 fully saturated rings. The summed E-state index contributed by atoms with van der Waals surface area (Å²) >= 11 is 0. The monoisotopic (exact) mass is 221 g/mol. The van der Waals surface area contributed by atoms with Gasteiger partial charge in [0, 0.05) is 19.2 Å². The van der Waals surface area contributed by atoms with E-state index in [0.29, 0.717) is 17.6 Å². The number of rotatable bonds is 4. The second kappa shape index (κ2) is 4.20. The van der Waals surface area contributed by atoms with Crippen molar-refractivity contribution in [2.45, 2.75) is 25.8 Å². The van der Waals surface area contributed by atoms with Crippen LogP contribution in [0.3, 0.4) is 0 Å². The van der Waals surface area contributed by atoms with Crippen molar-refractivity contribution in [3.63, 3.8) is 0 Å². The summed E-state index contributed by atoms with van der Waals surface area (Å²) in [6, 6.07) is 4.12. The zero-order valence-corrected chi connectivity index (χ0v) is 10.1. The van der Waals surface area contributed by atoms with E-state index in [0.717, 1.165) is 11.7 Å². The quantitative estimate of drug-likeness (QED) is 0.843. The minimum Gasteiger partial charge on any atom is -0.481 e. The van der Waals surface area contributed by atoms with Crippen LogP contribution in [0.2, 0.25) is 0 Å². The molecule has 2 N–H and O–H groups in total. The van der Waals surface area contributed by atoms with Gasteiger partial charge in [-0.05, 0) is 31.7 Å². The van der Waals surface area contributed by atoms with Crippen LogP contribution in [0.15, 0.2) is 12.1 Å². The van der Waals surface area contributed by atoms with Crippen molar-refractivity contribution in [1.82, 2.24) is 4.98 Å². The maximum absolute atomic E-state index is 5.94. The van der Waals surface area contributed by atoms with Crippen LogP contribution in [0, 0.1) is 5.92 Å². The zero-order chi connectivity index (χ0) is 11.7. The number of pyridine rings is 1. The summed E-state index contributed by atoms with van der Waals surface area (Å²) < 4.78 is 5.12. The summed E-state index contributed by atoms with van der Waals surface area (Å²) in [5.41, 5.74) is 6.65. The van der Waals surface area contributed by atoms with E-state index in [4.69, 9.17) is 10.5 Å². The summed E-state index contributed by atoms with van der Waals surface area (Å²) in [5, 5.41) is 0. The fourth-order valence-electron chi connectivity index (χ4n) is 1.93. The van der Waals surface area contributed by atoms with E-state index in [1.807, 2.05) is 13.1 Å². The summed E-state index contributed by atoms with van der Waals surface area (Å²) in [6.45, 7) is 2.22. The number of hydrogen-bond donors (Lipinski definition) is 1. The number of aromatic nitrogens is 1. The molecule has 1 saturated carbocycles. The van der Waals surface area contributed by atoms with Gasteiger partial charge in [0.05, 0.1) is 12.8 Å². The van der Waals surface area contributed by atoms with Crippen molar-refractivity contribution < 1.29 is 4.74 Å². The normalized spacial score (nSPS) is 16.9. The Morgan fingerprint density at radius 1 is 1.50 bits per heavy atom. The molecule has 4 heteroatoms. The molecule has 1 heterocycles. The van der Waals surface area contributed by atoms with E-state index in [2.05, 4.69) is 16.8 Å².